The van der Waals surface area contributed by atoms with Crippen LogP contribution in [0.5, 0.6) is 0 Å². The number of fused-ring (bicyclic) bond motifs is 6. The number of rotatable bonds is 4. The number of benzene rings is 6. The van der Waals surface area contributed by atoms with E-state index in [9.17, 15) is 0 Å². The fraction of sp³-hybridized carbons (Fsp3) is 0. The first-order valence-corrected chi connectivity index (χ1v) is 14.5. The Balaban J connectivity index is 1.31. The van der Waals surface area contributed by atoms with Crippen LogP contribution in [-0.4, -0.2) is 15.0 Å². The van der Waals surface area contributed by atoms with Gasteiger partial charge in [-0.15, -0.1) is 0 Å². The third-order valence-electron chi connectivity index (χ3n) is 8.15. The smallest absolute Gasteiger partial charge is 0.164 e. The molecular weight excluding hydrogens is 542 g/mol. The van der Waals surface area contributed by atoms with Gasteiger partial charge >= 0.3 is 0 Å². The lowest BCUT2D eigenvalue weighted by Gasteiger charge is -2.10. The van der Waals surface area contributed by atoms with Crippen LogP contribution in [0.2, 0.25) is 0 Å². The van der Waals surface area contributed by atoms with E-state index in [4.69, 9.17) is 23.8 Å². The van der Waals surface area contributed by atoms with Gasteiger partial charge in [0.1, 0.15) is 22.3 Å². The molecule has 0 aliphatic rings. The minimum absolute atomic E-state index is 0.595. The van der Waals surface area contributed by atoms with Crippen molar-refractivity contribution < 1.29 is 8.83 Å². The van der Waals surface area contributed by atoms with Gasteiger partial charge in [0.05, 0.1) is 0 Å². The standard InChI is InChI=1S/C39H23N3O2/c1-3-11-24(12-4-1)37-40-38(25-13-5-2-6-14-25)42-39(41-37)29-17-10-20-34-36(29)35-27(16-9-19-33(35)44-34)26-21-22-32-30(23-26)28-15-7-8-18-31(28)43-32/h1-23H. The maximum absolute atomic E-state index is 6.46. The largest absolute Gasteiger partial charge is 0.456 e. The van der Waals surface area contributed by atoms with Crippen LogP contribution < -0.4 is 0 Å². The Morgan fingerprint density at radius 1 is 0.341 bits per heavy atom. The second kappa shape index (κ2) is 9.75. The van der Waals surface area contributed by atoms with Crippen molar-refractivity contribution in [3.8, 4) is 45.3 Å². The van der Waals surface area contributed by atoms with Gasteiger partial charge in [0.25, 0.3) is 0 Å². The molecule has 0 atom stereocenters. The third-order valence-corrected chi connectivity index (χ3v) is 8.15. The Morgan fingerprint density at radius 3 is 1.57 bits per heavy atom. The summed E-state index contributed by atoms with van der Waals surface area (Å²) in [5, 5.41) is 4.18. The fourth-order valence-electron chi connectivity index (χ4n) is 6.12. The zero-order valence-corrected chi connectivity index (χ0v) is 23.4. The van der Waals surface area contributed by atoms with Crippen molar-refractivity contribution in [2.75, 3.05) is 0 Å². The molecule has 0 radical (unpaired) electrons. The molecule has 9 rings (SSSR count). The van der Waals surface area contributed by atoms with Gasteiger partial charge in [-0.05, 0) is 41.5 Å². The minimum atomic E-state index is 0.595. The highest BCUT2D eigenvalue weighted by atomic mass is 16.3. The lowest BCUT2D eigenvalue weighted by molar-refractivity contribution is 0.669. The number of hydrogen-bond donors (Lipinski definition) is 0. The van der Waals surface area contributed by atoms with E-state index in [1.165, 1.54) is 0 Å². The van der Waals surface area contributed by atoms with Crippen LogP contribution in [0.25, 0.3) is 89.2 Å². The Labute approximate surface area is 252 Å². The first-order valence-electron chi connectivity index (χ1n) is 14.5. The SMILES string of the molecule is c1ccc(-c2nc(-c3ccccc3)nc(-c3cccc4oc5cccc(-c6ccc7oc8ccccc8c7c6)c5c34)n2)cc1. The Morgan fingerprint density at radius 2 is 0.864 bits per heavy atom. The molecule has 9 aromatic rings. The van der Waals surface area contributed by atoms with E-state index in [2.05, 4.69) is 36.4 Å². The van der Waals surface area contributed by atoms with Gasteiger partial charge in [0, 0.05) is 38.2 Å². The molecule has 6 aromatic carbocycles. The van der Waals surface area contributed by atoms with Crippen molar-refractivity contribution in [2.24, 2.45) is 0 Å². The molecule has 0 saturated heterocycles. The van der Waals surface area contributed by atoms with E-state index < -0.39 is 0 Å². The topological polar surface area (TPSA) is 65.0 Å². The number of aromatic nitrogens is 3. The first kappa shape index (κ1) is 24.5. The van der Waals surface area contributed by atoms with Crippen molar-refractivity contribution in [1.82, 2.24) is 15.0 Å². The van der Waals surface area contributed by atoms with E-state index in [-0.39, 0.29) is 0 Å². The monoisotopic (exact) mass is 565 g/mol. The molecule has 0 aliphatic carbocycles. The highest BCUT2D eigenvalue weighted by Crippen LogP contribution is 2.42. The zero-order chi connectivity index (χ0) is 29.0. The average Bonchev–Trinajstić information content (AvgIpc) is 3.67. The van der Waals surface area contributed by atoms with Gasteiger partial charge in [-0.2, -0.15) is 0 Å². The first-order chi connectivity index (χ1) is 21.8. The van der Waals surface area contributed by atoms with Gasteiger partial charge in [0.2, 0.25) is 0 Å². The van der Waals surface area contributed by atoms with E-state index in [1.807, 2.05) is 103 Å². The molecule has 0 spiro atoms. The quantitative estimate of drug-likeness (QED) is 0.212. The van der Waals surface area contributed by atoms with E-state index in [1.54, 1.807) is 0 Å². The summed E-state index contributed by atoms with van der Waals surface area (Å²) in [6.07, 6.45) is 0. The molecule has 5 heteroatoms. The Bertz CT molecular complexity index is 2440. The Hall–Kier alpha value is -6.07. The molecule has 0 saturated carbocycles. The van der Waals surface area contributed by atoms with Crippen LogP contribution in [0.1, 0.15) is 0 Å². The summed E-state index contributed by atoms with van der Waals surface area (Å²) in [4.78, 5) is 14.9. The van der Waals surface area contributed by atoms with Crippen LogP contribution in [-0.2, 0) is 0 Å². The normalized spacial score (nSPS) is 11.6. The highest BCUT2D eigenvalue weighted by Gasteiger charge is 2.20. The van der Waals surface area contributed by atoms with Crippen LogP contribution >= 0.6 is 0 Å². The number of para-hydroxylation sites is 1. The lowest BCUT2D eigenvalue weighted by atomic mass is 9.96. The van der Waals surface area contributed by atoms with Crippen LogP contribution in [0.4, 0.5) is 0 Å². The summed E-state index contributed by atoms with van der Waals surface area (Å²) in [5.41, 5.74) is 8.24. The van der Waals surface area contributed by atoms with Gasteiger partial charge in [-0.25, -0.2) is 15.0 Å². The third kappa shape index (κ3) is 3.91. The molecule has 0 aliphatic heterocycles. The summed E-state index contributed by atoms with van der Waals surface area (Å²) < 4.78 is 12.6. The number of nitrogens with zero attached hydrogens (tertiary/aromatic N) is 3. The van der Waals surface area contributed by atoms with Crippen molar-refractivity contribution in [2.45, 2.75) is 0 Å². The van der Waals surface area contributed by atoms with Crippen molar-refractivity contribution in [1.29, 1.82) is 0 Å². The van der Waals surface area contributed by atoms with Crippen molar-refractivity contribution in [3.05, 3.63) is 140 Å². The molecular formula is C39H23N3O2. The maximum atomic E-state index is 6.46. The molecule has 5 nitrogen and oxygen atoms in total. The molecule has 206 valence electrons. The second-order valence-electron chi connectivity index (χ2n) is 10.8. The maximum Gasteiger partial charge on any atom is 0.164 e. The summed E-state index contributed by atoms with van der Waals surface area (Å²) >= 11 is 0. The predicted molar refractivity (Wildman–Crippen MR) is 176 cm³/mol. The van der Waals surface area contributed by atoms with Gasteiger partial charge < -0.3 is 8.83 Å². The predicted octanol–water partition coefficient (Wildman–Crippen LogP) is 10.3. The average molecular weight is 566 g/mol. The molecule has 0 unspecified atom stereocenters. The summed E-state index contributed by atoms with van der Waals surface area (Å²) in [6, 6.07) is 46.9. The lowest BCUT2D eigenvalue weighted by Crippen LogP contribution is -2.00. The molecule has 0 fully saturated rings. The molecule has 0 amide bonds. The molecule has 3 aromatic heterocycles. The summed E-state index contributed by atoms with van der Waals surface area (Å²) in [5.74, 6) is 1.84. The van der Waals surface area contributed by atoms with E-state index >= 15 is 0 Å². The van der Waals surface area contributed by atoms with Crippen LogP contribution in [0.15, 0.2) is 148 Å². The van der Waals surface area contributed by atoms with E-state index in [0.29, 0.717) is 17.5 Å². The summed E-state index contributed by atoms with van der Waals surface area (Å²) in [6.45, 7) is 0. The number of hydrogen-bond acceptors (Lipinski definition) is 5. The number of furan rings is 2. The zero-order valence-electron chi connectivity index (χ0n) is 23.4. The molecule has 3 heterocycles. The summed E-state index contributed by atoms with van der Waals surface area (Å²) in [7, 11) is 0. The van der Waals surface area contributed by atoms with Gasteiger partial charge in [0.15, 0.2) is 17.5 Å². The van der Waals surface area contributed by atoms with Crippen molar-refractivity contribution in [3.63, 3.8) is 0 Å². The van der Waals surface area contributed by atoms with Crippen LogP contribution in [0, 0.1) is 0 Å². The van der Waals surface area contributed by atoms with Crippen LogP contribution in [0.3, 0.4) is 0 Å². The minimum Gasteiger partial charge on any atom is -0.456 e. The molecule has 0 N–H and O–H groups in total. The molecule has 44 heavy (non-hydrogen) atoms. The highest BCUT2D eigenvalue weighted by molar-refractivity contribution is 6.18. The van der Waals surface area contributed by atoms with Gasteiger partial charge in [-0.1, -0.05) is 109 Å². The molecule has 0 bridgehead atoms. The second-order valence-corrected chi connectivity index (χ2v) is 10.8. The van der Waals surface area contributed by atoms with Crippen molar-refractivity contribution >= 4 is 43.9 Å². The Kier molecular flexibility index (Phi) is 5.43. The van der Waals surface area contributed by atoms with Gasteiger partial charge in [-0.3, -0.25) is 0 Å². The fourth-order valence-corrected chi connectivity index (χ4v) is 6.12. The van der Waals surface area contributed by atoms with E-state index in [0.717, 1.165) is 71.7 Å².